The molecule has 0 spiro atoms. The van der Waals surface area contributed by atoms with E-state index in [9.17, 15) is 4.79 Å². The van der Waals surface area contributed by atoms with Crippen molar-refractivity contribution in [2.24, 2.45) is 17.8 Å². The number of carbonyl (C=O) groups excluding carboxylic acids is 1. The van der Waals surface area contributed by atoms with Crippen LogP contribution in [-0.2, 0) is 9.53 Å². The maximum atomic E-state index is 12.0. The normalized spacial score (nSPS) is 13.1. The summed E-state index contributed by atoms with van der Waals surface area (Å²) in [6.07, 6.45) is 6.34. The van der Waals surface area contributed by atoms with E-state index in [1.165, 1.54) is 6.42 Å². The van der Waals surface area contributed by atoms with Crippen LogP contribution in [0.2, 0.25) is 0 Å². The molecule has 0 fully saturated rings. The van der Waals surface area contributed by atoms with Crippen molar-refractivity contribution in [2.75, 3.05) is 6.61 Å². The Kier molecular flexibility index (Phi) is 10.1. The van der Waals surface area contributed by atoms with E-state index in [1.807, 2.05) is 0 Å². The zero-order chi connectivity index (χ0) is 14.0. The molecule has 0 aromatic heterocycles. The zero-order valence-corrected chi connectivity index (χ0v) is 13.0. The highest BCUT2D eigenvalue weighted by Gasteiger charge is 2.18. The summed E-state index contributed by atoms with van der Waals surface area (Å²) in [5.41, 5.74) is 0. The van der Waals surface area contributed by atoms with Crippen LogP contribution in [0.3, 0.4) is 0 Å². The molecule has 0 bridgehead atoms. The van der Waals surface area contributed by atoms with Crippen LogP contribution in [0.4, 0.5) is 0 Å². The molecular formula is C16H32O2. The van der Waals surface area contributed by atoms with Crippen molar-refractivity contribution < 1.29 is 9.53 Å². The van der Waals surface area contributed by atoms with Gasteiger partial charge < -0.3 is 4.74 Å². The van der Waals surface area contributed by atoms with Gasteiger partial charge in [-0.25, -0.2) is 0 Å². The van der Waals surface area contributed by atoms with Crippen molar-refractivity contribution in [3.8, 4) is 0 Å². The van der Waals surface area contributed by atoms with E-state index in [2.05, 4.69) is 34.6 Å². The highest BCUT2D eigenvalue weighted by molar-refractivity contribution is 5.72. The molecule has 0 radical (unpaired) electrons. The minimum Gasteiger partial charge on any atom is -0.465 e. The van der Waals surface area contributed by atoms with Crippen molar-refractivity contribution in [3.63, 3.8) is 0 Å². The molecule has 0 aliphatic rings. The fraction of sp³-hybridized carbons (Fsp3) is 0.938. The second-order valence-electron chi connectivity index (χ2n) is 6.16. The van der Waals surface area contributed by atoms with Gasteiger partial charge in [-0.3, -0.25) is 4.79 Å². The fourth-order valence-corrected chi connectivity index (χ4v) is 2.01. The van der Waals surface area contributed by atoms with Crippen molar-refractivity contribution in [1.29, 1.82) is 0 Å². The number of carbonyl (C=O) groups is 1. The predicted molar refractivity (Wildman–Crippen MR) is 77.5 cm³/mol. The molecule has 0 saturated carbocycles. The molecule has 0 saturated heterocycles. The highest BCUT2D eigenvalue weighted by Crippen LogP contribution is 2.19. The van der Waals surface area contributed by atoms with Gasteiger partial charge in [0.25, 0.3) is 0 Å². The van der Waals surface area contributed by atoms with Crippen LogP contribution in [0.25, 0.3) is 0 Å². The van der Waals surface area contributed by atoms with Crippen LogP contribution < -0.4 is 0 Å². The Morgan fingerprint density at radius 1 is 0.944 bits per heavy atom. The van der Waals surface area contributed by atoms with Crippen molar-refractivity contribution in [1.82, 2.24) is 0 Å². The largest absolute Gasteiger partial charge is 0.465 e. The SMILES string of the molecule is CCCC(CCCC(C)C)C(=O)OCCC(C)C. The topological polar surface area (TPSA) is 26.3 Å². The Labute approximate surface area is 113 Å². The quantitative estimate of drug-likeness (QED) is 0.524. The Morgan fingerprint density at radius 3 is 2.06 bits per heavy atom. The van der Waals surface area contributed by atoms with E-state index in [-0.39, 0.29) is 11.9 Å². The lowest BCUT2D eigenvalue weighted by Gasteiger charge is -2.16. The maximum absolute atomic E-state index is 12.0. The predicted octanol–water partition coefficient (Wildman–Crippen LogP) is 4.82. The molecule has 2 heteroatoms. The van der Waals surface area contributed by atoms with E-state index in [0.717, 1.165) is 38.0 Å². The second-order valence-corrected chi connectivity index (χ2v) is 6.16. The molecule has 0 amide bonds. The number of ether oxygens (including phenoxy) is 1. The lowest BCUT2D eigenvalue weighted by molar-refractivity contribution is -0.149. The van der Waals surface area contributed by atoms with Gasteiger partial charge in [-0.15, -0.1) is 0 Å². The average molecular weight is 256 g/mol. The van der Waals surface area contributed by atoms with Gasteiger partial charge in [0.2, 0.25) is 0 Å². The van der Waals surface area contributed by atoms with Gasteiger partial charge in [-0.1, -0.05) is 53.9 Å². The lowest BCUT2D eigenvalue weighted by Crippen LogP contribution is -2.19. The van der Waals surface area contributed by atoms with Gasteiger partial charge in [0.15, 0.2) is 0 Å². The summed E-state index contributed by atoms with van der Waals surface area (Å²) in [7, 11) is 0. The standard InChI is InChI=1S/C16H32O2/c1-6-8-15(10-7-9-13(2)3)16(17)18-12-11-14(4)5/h13-15H,6-12H2,1-5H3. The maximum Gasteiger partial charge on any atom is 0.308 e. The van der Waals surface area contributed by atoms with Crippen molar-refractivity contribution in [3.05, 3.63) is 0 Å². The summed E-state index contributed by atoms with van der Waals surface area (Å²) in [6, 6.07) is 0. The first-order valence-corrected chi connectivity index (χ1v) is 7.64. The van der Waals surface area contributed by atoms with Gasteiger partial charge in [0.1, 0.15) is 0 Å². The molecule has 0 aromatic carbocycles. The van der Waals surface area contributed by atoms with Crippen LogP contribution in [0.15, 0.2) is 0 Å². The second kappa shape index (κ2) is 10.4. The molecule has 108 valence electrons. The molecule has 1 unspecified atom stereocenters. The van der Waals surface area contributed by atoms with Crippen molar-refractivity contribution >= 4 is 5.97 Å². The minimum absolute atomic E-state index is 0.0289. The Hall–Kier alpha value is -0.530. The third kappa shape index (κ3) is 9.49. The molecule has 0 rings (SSSR count). The number of hydrogen-bond acceptors (Lipinski definition) is 2. The Morgan fingerprint density at radius 2 is 1.56 bits per heavy atom. The zero-order valence-electron chi connectivity index (χ0n) is 13.0. The summed E-state index contributed by atoms with van der Waals surface area (Å²) < 4.78 is 5.39. The van der Waals surface area contributed by atoms with Gasteiger partial charge in [-0.05, 0) is 31.1 Å². The third-order valence-electron chi connectivity index (χ3n) is 3.24. The Balaban J connectivity index is 3.94. The molecule has 0 heterocycles. The number of esters is 1. The van der Waals surface area contributed by atoms with Gasteiger partial charge in [0.05, 0.1) is 12.5 Å². The van der Waals surface area contributed by atoms with E-state index in [0.29, 0.717) is 12.5 Å². The van der Waals surface area contributed by atoms with Gasteiger partial charge in [0, 0.05) is 0 Å². The summed E-state index contributed by atoms with van der Waals surface area (Å²) in [6.45, 7) is 11.5. The first-order valence-electron chi connectivity index (χ1n) is 7.64. The number of rotatable bonds is 10. The molecule has 0 aliphatic carbocycles. The molecule has 0 N–H and O–H groups in total. The smallest absolute Gasteiger partial charge is 0.308 e. The van der Waals surface area contributed by atoms with Crippen LogP contribution in [0, 0.1) is 17.8 Å². The molecular weight excluding hydrogens is 224 g/mol. The molecule has 0 aliphatic heterocycles. The highest BCUT2D eigenvalue weighted by atomic mass is 16.5. The molecule has 18 heavy (non-hydrogen) atoms. The summed E-state index contributed by atoms with van der Waals surface area (Å²) >= 11 is 0. The average Bonchev–Trinajstić information content (AvgIpc) is 2.26. The van der Waals surface area contributed by atoms with Crippen LogP contribution in [0.5, 0.6) is 0 Å². The van der Waals surface area contributed by atoms with E-state index in [4.69, 9.17) is 4.74 Å². The van der Waals surface area contributed by atoms with E-state index < -0.39 is 0 Å². The third-order valence-corrected chi connectivity index (χ3v) is 3.24. The van der Waals surface area contributed by atoms with Crippen LogP contribution in [0.1, 0.15) is 73.1 Å². The van der Waals surface area contributed by atoms with Gasteiger partial charge >= 0.3 is 5.97 Å². The number of hydrogen-bond donors (Lipinski definition) is 0. The van der Waals surface area contributed by atoms with Crippen LogP contribution in [-0.4, -0.2) is 12.6 Å². The summed E-state index contributed by atoms with van der Waals surface area (Å²) in [4.78, 5) is 12.0. The molecule has 1 atom stereocenters. The molecule has 0 aromatic rings. The molecule has 2 nitrogen and oxygen atoms in total. The summed E-state index contributed by atoms with van der Waals surface area (Å²) in [5.74, 6) is 1.48. The van der Waals surface area contributed by atoms with Crippen molar-refractivity contribution in [2.45, 2.75) is 73.1 Å². The monoisotopic (exact) mass is 256 g/mol. The first-order chi connectivity index (χ1) is 8.47. The Bertz CT molecular complexity index is 209. The van der Waals surface area contributed by atoms with E-state index >= 15 is 0 Å². The lowest BCUT2D eigenvalue weighted by atomic mass is 9.95. The minimum atomic E-state index is 0.0289. The van der Waals surface area contributed by atoms with Crippen LogP contribution >= 0.6 is 0 Å². The fourth-order valence-electron chi connectivity index (χ4n) is 2.01. The summed E-state index contributed by atoms with van der Waals surface area (Å²) in [5, 5.41) is 0. The van der Waals surface area contributed by atoms with Gasteiger partial charge in [-0.2, -0.15) is 0 Å². The first kappa shape index (κ1) is 17.5. The van der Waals surface area contributed by atoms with E-state index in [1.54, 1.807) is 0 Å².